The molecule has 1 aromatic rings. The molecule has 0 heterocycles. The first-order chi connectivity index (χ1) is 16.8. The van der Waals surface area contributed by atoms with E-state index in [1.807, 2.05) is 19.1 Å². The zero-order valence-electron chi connectivity index (χ0n) is 23.9. The van der Waals surface area contributed by atoms with Gasteiger partial charge in [-0.3, -0.25) is 0 Å². The molecule has 35 heavy (non-hydrogen) atoms. The quantitative estimate of drug-likeness (QED) is 0.196. The van der Waals surface area contributed by atoms with Crippen molar-refractivity contribution in [1.29, 1.82) is 0 Å². The van der Waals surface area contributed by atoms with Gasteiger partial charge in [0.1, 0.15) is 5.83 Å². The standard InChI is InChI=1S/C33H50BF/c1-9-15-28(23(6)7)27(13-5)30(19-18-29-25(11-3)16-14-17-26(29)12-4)31-22-32(34-20-10-2)33(35)21-24(31)8/h10,14,16-17,20-24,28,31,34H,9,11-13,15,18-19H2,1-8H3/b20-10-,30-27+. The molecular formula is C33H50BF. The van der Waals surface area contributed by atoms with Gasteiger partial charge in [0.15, 0.2) is 7.28 Å². The van der Waals surface area contributed by atoms with Crippen LogP contribution in [0.15, 0.2) is 64.8 Å². The summed E-state index contributed by atoms with van der Waals surface area (Å²) in [4.78, 5) is 0. The van der Waals surface area contributed by atoms with Gasteiger partial charge in [-0.15, -0.1) is 12.1 Å². The number of rotatable bonds is 13. The topological polar surface area (TPSA) is 0 Å². The van der Waals surface area contributed by atoms with Gasteiger partial charge in [0, 0.05) is 5.92 Å². The summed E-state index contributed by atoms with van der Waals surface area (Å²) in [6.45, 7) is 18.2. The van der Waals surface area contributed by atoms with Crippen LogP contribution in [0.4, 0.5) is 4.39 Å². The second-order valence-electron chi connectivity index (χ2n) is 10.7. The molecule has 3 unspecified atom stereocenters. The predicted octanol–water partition coefficient (Wildman–Crippen LogP) is 9.50. The Balaban J connectivity index is 2.62. The average molecular weight is 477 g/mol. The Morgan fingerprint density at radius 1 is 1.06 bits per heavy atom. The summed E-state index contributed by atoms with van der Waals surface area (Å²) in [7, 11) is 0.679. The van der Waals surface area contributed by atoms with Crippen LogP contribution in [0.3, 0.4) is 0 Å². The molecule has 0 N–H and O–H groups in total. The first kappa shape index (κ1) is 29.4. The molecule has 0 spiro atoms. The minimum atomic E-state index is -0.0252. The molecule has 1 aromatic carbocycles. The van der Waals surface area contributed by atoms with E-state index in [2.05, 4.69) is 78.7 Å². The number of hydrogen-bond donors (Lipinski definition) is 0. The Hall–Kier alpha value is -1.83. The lowest BCUT2D eigenvalue weighted by Crippen LogP contribution is -2.22. The molecule has 0 fully saturated rings. The summed E-state index contributed by atoms with van der Waals surface area (Å²) in [5.74, 6) is 3.73. The van der Waals surface area contributed by atoms with Gasteiger partial charge < -0.3 is 0 Å². The Labute approximate surface area is 217 Å². The highest BCUT2D eigenvalue weighted by molar-refractivity contribution is 6.52. The molecule has 0 amide bonds. The van der Waals surface area contributed by atoms with Gasteiger partial charge in [-0.25, -0.2) is 4.39 Å². The van der Waals surface area contributed by atoms with E-state index in [1.54, 1.807) is 16.7 Å². The summed E-state index contributed by atoms with van der Waals surface area (Å²) in [6, 6.07) is 6.84. The van der Waals surface area contributed by atoms with Crippen molar-refractivity contribution in [2.24, 2.45) is 23.7 Å². The van der Waals surface area contributed by atoms with Gasteiger partial charge in [0.05, 0.1) is 0 Å². The molecule has 0 saturated heterocycles. The molecule has 0 aromatic heterocycles. The van der Waals surface area contributed by atoms with Gasteiger partial charge in [0.2, 0.25) is 0 Å². The largest absolute Gasteiger partial charge is 0.208 e. The molecule has 2 rings (SSSR count). The van der Waals surface area contributed by atoms with Crippen molar-refractivity contribution in [3.63, 3.8) is 0 Å². The fraction of sp³-hybridized carbons (Fsp3) is 0.576. The van der Waals surface area contributed by atoms with Crippen molar-refractivity contribution in [3.8, 4) is 0 Å². The molecule has 0 bridgehead atoms. The van der Waals surface area contributed by atoms with Crippen LogP contribution < -0.4 is 0 Å². The number of allylic oxidation sites excluding steroid dienone is 7. The third-order valence-corrected chi connectivity index (χ3v) is 8.06. The fourth-order valence-electron chi connectivity index (χ4n) is 6.14. The van der Waals surface area contributed by atoms with Crippen LogP contribution in [0.25, 0.3) is 0 Å². The first-order valence-corrected chi connectivity index (χ1v) is 14.3. The molecule has 0 nitrogen and oxygen atoms in total. The smallest absolute Gasteiger partial charge is 0.185 e. The number of benzene rings is 1. The van der Waals surface area contributed by atoms with Crippen LogP contribution in [0.5, 0.6) is 0 Å². The van der Waals surface area contributed by atoms with Crippen LogP contribution in [-0.2, 0) is 19.3 Å². The molecule has 0 radical (unpaired) electrons. The van der Waals surface area contributed by atoms with Crippen LogP contribution in [0.1, 0.15) is 97.8 Å². The first-order valence-electron chi connectivity index (χ1n) is 14.3. The highest BCUT2D eigenvalue weighted by Crippen LogP contribution is 2.41. The Morgan fingerprint density at radius 3 is 2.23 bits per heavy atom. The summed E-state index contributed by atoms with van der Waals surface area (Å²) < 4.78 is 14.9. The number of halogens is 1. The summed E-state index contributed by atoms with van der Waals surface area (Å²) in [5, 5.41) is 0. The highest BCUT2D eigenvalue weighted by Gasteiger charge is 2.29. The fourth-order valence-corrected chi connectivity index (χ4v) is 6.14. The Kier molecular flexibility index (Phi) is 12.3. The van der Waals surface area contributed by atoms with Crippen molar-refractivity contribution < 1.29 is 4.39 Å². The van der Waals surface area contributed by atoms with Gasteiger partial charge in [-0.2, -0.15) is 0 Å². The van der Waals surface area contributed by atoms with Gasteiger partial charge >= 0.3 is 0 Å². The predicted molar refractivity (Wildman–Crippen MR) is 156 cm³/mol. The SMILES string of the molecule is C/C=C\BC1=CC(/C(CCc2c(CC)cccc2CC)=C(\CC)C(CCC)C(C)C)C(C)C=C1F. The number of hydrogen-bond acceptors (Lipinski definition) is 0. The third-order valence-electron chi connectivity index (χ3n) is 8.06. The zero-order chi connectivity index (χ0) is 26.0. The lowest BCUT2D eigenvalue weighted by Gasteiger charge is -2.33. The molecule has 1 aliphatic rings. The van der Waals surface area contributed by atoms with E-state index in [1.165, 1.54) is 24.0 Å². The summed E-state index contributed by atoms with van der Waals surface area (Å²) in [6.07, 6.45) is 14.0. The van der Waals surface area contributed by atoms with Crippen molar-refractivity contribution in [2.45, 2.75) is 100 Å². The molecule has 2 heteroatoms. The second-order valence-corrected chi connectivity index (χ2v) is 10.7. The Morgan fingerprint density at radius 2 is 1.71 bits per heavy atom. The van der Waals surface area contributed by atoms with E-state index in [0.29, 0.717) is 19.1 Å². The molecule has 3 atom stereocenters. The van der Waals surface area contributed by atoms with Gasteiger partial charge in [-0.05, 0) is 91.4 Å². The summed E-state index contributed by atoms with van der Waals surface area (Å²) in [5.41, 5.74) is 8.61. The van der Waals surface area contributed by atoms with E-state index in [4.69, 9.17) is 0 Å². The maximum absolute atomic E-state index is 14.9. The highest BCUT2D eigenvalue weighted by atomic mass is 19.1. The lowest BCUT2D eigenvalue weighted by molar-refractivity contribution is 0.390. The van der Waals surface area contributed by atoms with E-state index < -0.39 is 0 Å². The van der Waals surface area contributed by atoms with Crippen molar-refractivity contribution in [3.05, 3.63) is 81.5 Å². The molecule has 0 saturated carbocycles. The Bertz CT molecular complexity index is 908. The lowest BCUT2D eigenvalue weighted by atomic mass is 9.63. The van der Waals surface area contributed by atoms with Crippen molar-refractivity contribution in [1.82, 2.24) is 0 Å². The maximum atomic E-state index is 14.9. The van der Waals surface area contributed by atoms with Crippen molar-refractivity contribution in [2.75, 3.05) is 0 Å². The van der Waals surface area contributed by atoms with E-state index in [-0.39, 0.29) is 17.7 Å². The van der Waals surface area contributed by atoms with E-state index in [0.717, 1.165) is 37.6 Å². The molecular weight excluding hydrogens is 426 g/mol. The van der Waals surface area contributed by atoms with Gasteiger partial charge in [0.25, 0.3) is 0 Å². The normalized spacial score (nSPS) is 20.1. The van der Waals surface area contributed by atoms with Crippen LogP contribution in [0, 0.1) is 23.7 Å². The number of aryl methyl sites for hydroxylation is 2. The summed E-state index contributed by atoms with van der Waals surface area (Å²) >= 11 is 0. The van der Waals surface area contributed by atoms with Crippen LogP contribution in [0.2, 0.25) is 0 Å². The minimum Gasteiger partial charge on any atom is -0.208 e. The van der Waals surface area contributed by atoms with Crippen LogP contribution >= 0.6 is 0 Å². The van der Waals surface area contributed by atoms with Crippen molar-refractivity contribution >= 4 is 7.28 Å². The molecule has 0 aliphatic heterocycles. The molecule has 192 valence electrons. The molecule has 1 aliphatic carbocycles. The van der Waals surface area contributed by atoms with E-state index in [9.17, 15) is 4.39 Å². The van der Waals surface area contributed by atoms with Crippen LogP contribution in [-0.4, -0.2) is 7.28 Å². The maximum Gasteiger partial charge on any atom is 0.185 e. The second kappa shape index (κ2) is 14.7. The van der Waals surface area contributed by atoms with Gasteiger partial charge in [-0.1, -0.05) is 90.3 Å². The third kappa shape index (κ3) is 7.58. The minimum absolute atomic E-state index is 0.0252. The zero-order valence-corrected chi connectivity index (χ0v) is 23.9. The monoisotopic (exact) mass is 476 g/mol. The average Bonchev–Trinajstić information content (AvgIpc) is 2.85. The van der Waals surface area contributed by atoms with E-state index >= 15 is 0 Å².